The summed E-state index contributed by atoms with van der Waals surface area (Å²) in [4.78, 5) is 0. The molecule has 1 heterocycles. The molecule has 0 saturated heterocycles. The van der Waals surface area contributed by atoms with Crippen LogP contribution in [-0.4, -0.2) is 11.6 Å². The van der Waals surface area contributed by atoms with Crippen LogP contribution in [0.4, 0.5) is 0 Å². The smallest absolute Gasteiger partial charge is 0.0479 e. The fraction of sp³-hybridized carbons (Fsp3) is 0.385. The molecule has 0 bridgehead atoms. The number of nitrogens with zero attached hydrogens (tertiary/aromatic N) is 1. The summed E-state index contributed by atoms with van der Waals surface area (Å²) >= 11 is 0. The summed E-state index contributed by atoms with van der Waals surface area (Å²) in [5.74, 6) is 0. The van der Waals surface area contributed by atoms with Gasteiger partial charge < -0.3 is 10.3 Å². The third-order valence-corrected chi connectivity index (χ3v) is 2.19. The van der Waals surface area contributed by atoms with Crippen LogP contribution in [-0.2, 0) is 7.05 Å². The Bertz CT molecular complexity index is 388. The first kappa shape index (κ1) is 13.7. The molecule has 15 heavy (non-hydrogen) atoms. The number of nitrogens with two attached hydrogens (primary N) is 1. The number of para-hydroxylation sites is 1. The average molecular weight is 206 g/mol. The Kier molecular flexibility index (Phi) is 6.47. The Morgan fingerprint density at radius 3 is 2.13 bits per heavy atom. The largest absolute Gasteiger partial charge is 0.348 e. The van der Waals surface area contributed by atoms with Crippen molar-refractivity contribution in [2.75, 3.05) is 7.05 Å². The van der Waals surface area contributed by atoms with E-state index in [1.54, 1.807) is 0 Å². The molecule has 0 saturated carbocycles. The van der Waals surface area contributed by atoms with Crippen LogP contribution in [0.15, 0.2) is 30.3 Å². The van der Waals surface area contributed by atoms with Crippen molar-refractivity contribution >= 4 is 10.9 Å². The minimum absolute atomic E-state index is 1.31. The topological polar surface area (TPSA) is 30.9 Å². The monoisotopic (exact) mass is 206 g/mol. The van der Waals surface area contributed by atoms with E-state index in [1.807, 2.05) is 13.8 Å². The van der Waals surface area contributed by atoms with E-state index in [0.717, 1.165) is 0 Å². The van der Waals surface area contributed by atoms with Gasteiger partial charge in [-0.2, -0.15) is 0 Å². The van der Waals surface area contributed by atoms with Crippen molar-refractivity contribution < 1.29 is 0 Å². The van der Waals surface area contributed by atoms with Crippen molar-refractivity contribution in [1.82, 2.24) is 4.57 Å². The summed E-state index contributed by atoms with van der Waals surface area (Å²) in [6, 6.07) is 10.6. The van der Waals surface area contributed by atoms with E-state index in [2.05, 4.69) is 54.6 Å². The molecule has 0 aliphatic carbocycles. The molecule has 2 N–H and O–H groups in total. The molecule has 0 atom stereocenters. The molecule has 0 unspecified atom stereocenters. The van der Waals surface area contributed by atoms with Crippen molar-refractivity contribution in [3.05, 3.63) is 36.0 Å². The average Bonchev–Trinajstić information content (AvgIpc) is 2.61. The summed E-state index contributed by atoms with van der Waals surface area (Å²) in [7, 11) is 3.59. The maximum absolute atomic E-state index is 4.50. The van der Waals surface area contributed by atoms with Crippen LogP contribution in [0.1, 0.15) is 19.5 Å². The van der Waals surface area contributed by atoms with Crippen LogP contribution >= 0.6 is 0 Å². The fourth-order valence-electron chi connectivity index (χ4n) is 1.43. The van der Waals surface area contributed by atoms with Crippen LogP contribution in [0.3, 0.4) is 0 Å². The third kappa shape index (κ3) is 3.10. The van der Waals surface area contributed by atoms with Gasteiger partial charge in [-0.05, 0) is 31.5 Å². The second-order valence-electron chi connectivity index (χ2n) is 2.90. The van der Waals surface area contributed by atoms with Gasteiger partial charge >= 0.3 is 0 Å². The standard InChI is InChI=1S/C10H11N.C2H6.CH5N/c1-8-7-9-5-3-4-6-10(9)11(8)2;2*1-2/h3-7H,1-2H3;1-2H3;2H2,1H3. The lowest BCUT2D eigenvalue weighted by Gasteiger charge is -1.96. The molecule has 0 aliphatic heterocycles. The van der Waals surface area contributed by atoms with Crippen LogP contribution in [0.5, 0.6) is 0 Å². The third-order valence-electron chi connectivity index (χ3n) is 2.19. The van der Waals surface area contributed by atoms with E-state index in [-0.39, 0.29) is 0 Å². The normalized spacial score (nSPS) is 8.67. The number of aryl methyl sites for hydroxylation is 2. The molecule has 84 valence electrons. The van der Waals surface area contributed by atoms with Crippen LogP contribution in [0, 0.1) is 6.92 Å². The number of hydrogen-bond donors (Lipinski definition) is 1. The lowest BCUT2D eigenvalue weighted by atomic mass is 10.2. The number of rotatable bonds is 0. The SMILES string of the molecule is CC.CN.Cc1cc2ccccc2n1C. The Labute approximate surface area is 92.7 Å². The van der Waals surface area contributed by atoms with Gasteiger partial charge in [-0.3, -0.25) is 0 Å². The van der Waals surface area contributed by atoms with E-state index in [9.17, 15) is 0 Å². The zero-order valence-electron chi connectivity index (χ0n) is 10.4. The molecule has 0 aliphatic rings. The highest BCUT2D eigenvalue weighted by atomic mass is 14.9. The first-order valence-electron chi connectivity index (χ1n) is 5.38. The number of hydrogen-bond acceptors (Lipinski definition) is 1. The quantitative estimate of drug-likeness (QED) is 0.705. The maximum Gasteiger partial charge on any atom is 0.0479 e. The summed E-state index contributed by atoms with van der Waals surface area (Å²) in [6.07, 6.45) is 0. The van der Waals surface area contributed by atoms with Gasteiger partial charge in [0.1, 0.15) is 0 Å². The molecule has 2 heteroatoms. The predicted molar refractivity (Wildman–Crippen MR) is 69.1 cm³/mol. The molecule has 0 fully saturated rings. The Morgan fingerprint density at radius 2 is 1.60 bits per heavy atom. The maximum atomic E-state index is 4.50. The molecule has 2 aromatic rings. The summed E-state index contributed by atoms with van der Waals surface area (Å²) in [6.45, 7) is 6.12. The molecule has 0 amide bonds. The van der Waals surface area contributed by atoms with Crippen LogP contribution in [0.2, 0.25) is 0 Å². The van der Waals surface area contributed by atoms with Gasteiger partial charge in [0.25, 0.3) is 0 Å². The molecular weight excluding hydrogens is 184 g/mol. The van der Waals surface area contributed by atoms with E-state index < -0.39 is 0 Å². The zero-order valence-corrected chi connectivity index (χ0v) is 10.4. The van der Waals surface area contributed by atoms with Crippen LogP contribution in [0.25, 0.3) is 10.9 Å². The van der Waals surface area contributed by atoms with E-state index in [0.29, 0.717) is 0 Å². The predicted octanol–water partition coefficient (Wildman–Crippen LogP) is 3.09. The van der Waals surface area contributed by atoms with E-state index >= 15 is 0 Å². The van der Waals surface area contributed by atoms with Gasteiger partial charge in [-0.25, -0.2) is 0 Å². The highest BCUT2D eigenvalue weighted by Gasteiger charge is 1.98. The molecule has 0 spiro atoms. The first-order chi connectivity index (χ1) is 7.29. The minimum atomic E-state index is 1.31. The lowest BCUT2D eigenvalue weighted by molar-refractivity contribution is 0.918. The van der Waals surface area contributed by atoms with Gasteiger partial charge in [0.05, 0.1) is 0 Å². The van der Waals surface area contributed by atoms with Crippen molar-refractivity contribution in [3.63, 3.8) is 0 Å². The van der Waals surface area contributed by atoms with Crippen molar-refractivity contribution in [1.29, 1.82) is 0 Å². The minimum Gasteiger partial charge on any atom is -0.348 e. The second kappa shape index (κ2) is 7.07. The fourth-order valence-corrected chi connectivity index (χ4v) is 1.43. The highest BCUT2D eigenvalue weighted by Crippen LogP contribution is 2.16. The molecule has 1 aromatic heterocycles. The molecule has 2 nitrogen and oxygen atoms in total. The molecular formula is C13H22N2. The Hall–Kier alpha value is -1.28. The second-order valence-corrected chi connectivity index (χ2v) is 2.90. The number of aromatic nitrogens is 1. The summed E-state index contributed by atoms with van der Waals surface area (Å²) in [5, 5.41) is 1.33. The van der Waals surface area contributed by atoms with Crippen molar-refractivity contribution in [3.8, 4) is 0 Å². The Morgan fingerprint density at radius 1 is 1.07 bits per heavy atom. The number of benzene rings is 1. The van der Waals surface area contributed by atoms with Crippen LogP contribution < -0.4 is 5.73 Å². The summed E-state index contributed by atoms with van der Waals surface area (Å²) < 4.78 is 2.20. The molecule has 0 radical (unpaired) electrons. The summed E-state index contributed by atoms with van der Waals surface area (Å²) in [5.41, 5.74) is 7.12. The Balaban J connectivity index is 0.000000442. The van der Waals surface area contributed by atoms with Gasteiger partial charge in [-0.1, -0.05) is 32.0 Å². The lowest BCUT2D eigenvalue weighted by Crippen LogP contribution is -1.88. The van der Waals surface area contributed by atoms with Crippen molar-refractivity contribution in [2.24, 2.45) is 12.8 Å². The van der Waals surface area contributed by atoms with Gasteiger partial charge in [0.2, 0.25) is 0 Å². The van der Waals surface area contributed by atoms with Gasteiger partial charge in [0, 0.05) is 18.3 Å². The van der Waals surface area contributed by atoms with Gasteiger partial charge in [0.15, 0.2) is 0 Å². The van der Waals surface area contributed by atoms with E-state index in [1.165, 1.54) is 23.6 Å². The van der Waals surface area contributed by atoms with Crippen molar-refractivity contribution in [2.45, 2.75) is 20.8 Å². The number of fused-ring (bicyclic) bond motifs is 1. The highest BCUT2D eigenvalue weighted by molar-refractivity contribution is 5.80. The first-order valence-corrected chi connectivity index (χ1v) is 5.38. The zero-order chi connectivity index (χ0) is 11.8. The molecule has 1 aromatic carbocycles. The molecule has 2 rings (SSSR count). The van der Waals surface area contributed by atoms with E-state index in [4.69, 9.17) is 0 Å². The van der Waals surface area contributed by atoms with Gasteiger partial charge in [-0.15, -0.1) is 0 Å².